The molecule has 2 aromatic rings. The molecular weight excluding hydrogens is 449 g/mol. The first-order valence-corrected chi connectivity index (χ1v) is 11.3. The summed E-state index contributed by atoms with van der Waals surface area (Å²) < 4.78 is 50.2. The number of carbonyl (C=O) groups is 1. The van der Waals surface area contributed by atoms with Gasteiger partial charge in [0.2, 0.25) is 0 Å². The number of nitrogens with zero attached hydrogens (tertiary/aromatic N) is 2. The number of morpholine rings is 1. The number of ether oxygens (including phenoxy) is 2. The number of alkyl halides is 3. The van der Waals surface area contributed by atoms with Crippen molar-refractivity contribution in [2.24, 2.45) is 0 Å². The van der Waals surface area contributed by atoms with Crippen LogP contribution in [0.15, 0.2) is 54.6 Å². The Balaban J connectivity index is 1.62. The number of aliphatic hydroxyl groups excluding tert-OH is 1. The molecule has 1 saturated heterocycles. The molecule has 186 valence electrons. The lowest BCUT2D eigenvalue weighted by Crippen LogP contribution is -2.51. The van der Waals surface area contributed by atoms with Crippen molar-refractivity contribution in [2.75, 3.05) is 53.0 Å². The van der Waals surface area contributed by atoms with Crippen LogP contribution in [0, 0.1) is 0 Å². The smallest absolute Gasteiger partial charge is 0.391 e. The summed E-state index contributed by atoms with van der Waals surface area (Å²) in [6.45, 7) is 2.75. The molecule has 2 atom stereocenters. The Kier molecular flexibility index (Phi) is 9.46. The molecule has 0 saturated carbocycles. The van der Waals surface area contributed by atoms with Crippen LogP contribution in [-0.2, 0) is 22.1 Å². The van der Waals surface area contributed by atoms with Crippen molar-refractivity contribution in [3.63, 3.8) is 0 Å². The van der Waals surface area contributed by atoms with E-state index in [2.05, 4.69) is 4.90 Å². The zero-order valence-electron chi connectivity index (χ0n) is 19.2. The molecule has 9 heteroatoms. The van der Waals surface area contributed by atoms with Gasteiger partial charge >= 0.3 is 6.18 Å². The molecule has 0 unspecified atom stereocenters. The van der Waals surface area contributed by atoms with Crippen molar-refractivity contribution < 1.29 is 32.5 Å². The van der Waals surface area contributed by atoms with Crippen molar-refractivity contribution in [1.82, 2.24) is 9.80 Å². The van der Waals surface area contributed by atoms with Crippen LogP contribution in [0.25, 0.3) is 0 Å². The van der Waals surface area contributed by atoms with Gasteiger partial charge in [-0.1, -0.05) is 36.4 Å². The number of halogens is 3. The normalized spacial score (nSPS) is 18.0. The minimum Gasteiger partial charge on any atom is -0.391 e. The summed E-state index contributed by atoms with van der Waals surface area (Å²) in [5.41, 5.74) is 0.159. The summed E-state index contributed by atoms with van der Waals surface area (Å²) in [6.07, 6.45) is -4.86. The van der Waals surface area contributed by atoms with Gasteiger partial charge in [-0.25, -0.2) is 0 Å². The Morgan fingerprint density at radius 3 is 2.71 bits per heavy atom. The minimum absolute atomic E-state index is 0.0307. The molecule has 1 aliphatic heterocycles. The van der Waals surface area contributed by atoms with Crippen LogP contribution in [0.5, 0.6) is 0 Å². The summed E-state index contributed by atoms with van der Waals surface area (Å²) >= 11 is 0. The Labute approximate surface area is 197 Å². The van der Waals surface area contributed by atoms with E-state index in [0.717, 1.165) is 17.7 Å². The molecule has 0 bridgehead atoms. The second kappa shape index (κ2) is 12.3. The highest BCUT2D eigenvalue weighted by Gasteiger charge is 2.32. The van der Waals surface area contributed by atoms with E-state index < -0.39 is 23.8 Å². The highest BCUT2D eigenvalue weighted by atomic mass is 19.4. The van der Waals surface area contributed by atoms with Crippen molar-refractivity contribution in [2.45, 2.75) is 24.8 Å². The Morgan fingerprint density at radius 2 is 2.00 bits per heavy atom. The van der Waals surface area contributed by atoms with Gasteiger partial charge in [-0.05, 0) is 30.2 Å². The Hall–Kier alpha value is -2.46. The molecular formula is C25H31F3N2O4. The predicted octanol–water partition coefficient (Wildman–Crippen LogP) is 3.10. The fourth-order valence-electron chi connectivity index (χ4n) is 4.04. The number of methoxy groups -OCH3 is 1. The molecule has 1 N–H and O–H groups in total. The van der Waals surface area contributed by atoms with Crippen LogP contribution >= 0.6 is 0 Å². The third kappa shape index (κ3) is 7.80. The number of β-amino-alcohol motifs (C(OH)–C–C–N with tert-alkyl or cyclic N) is 1. The highest BCUT2D eigenvalue weighted by molar-refractivity contribution is 5.94. The van der Waals surface area contributed by atoms with Crippen LogP contribution in [0.4, 0.5) is 13.2 Å². The summed E-state index contributed by atoms with van der Waals surface area (Å²) in [5, 5.41) is 10.5. The largest absolute Gasteiger partial charge is 0.416 e. The second-order valence-corrected chi connectivity index (χ2v) is 8.42. The number of aliphatic hydroxyl groups is 1. The van der Waals surface area contributed by atoms with E-state index in [-0.39, 0.29) is 31.4 Å². The van der Waals surface area contributed by atoms with Crippen LogP contribution in [0.1, 0.15) is 21.5 Å². The average molecular weight is 481 g/mol. The van der Waals surface area contributed by atoms with E-state index in [0.29, 0.717) is 32.7 Å². The minimum atomic E-state index is -4.53. The molecule has 1 amide bonds. The number of amides is 1. The van der Waals surface area contributed by atoms with E-state index in [1.807, 2.05) is 30.3 Å². The fraction of sp³-hybridized carbons (Fsp3) is 0.480. The van der Waals surface area contributed by atoms with Crippen molar-refractivity contribution in [3.05, 3.63) is 71.3 Å². The summed E-state index contributed by atoms with van der Waals surface area (Å²) in [4.78, 5) is 16.6. The Morgan fingerprint density at radius 1 is 1.24 bits per heavy atom. The van der Waals surface area contributed by atoms with Crippen LogP contribution in [0.3, 0.4) is 0 Å². The lowest BCUT2D eigenvalue weighted by atomic mass is 10.1. The molecule has 1 fully saturated rings. The number of benzene rings is 2. The van der Waals surface area contributed by atoms with Crippen molar-refractivity contribution in [3.8, 4) is 0 Å². The molecule has 1 heterocycles. The van der Waals surface area contributed by atoms with Gasteiger partial charge in [0.25, 0.3) is 5.91 Å². The monoisotopic (exact) mass is 480 g/mol. The van der Waals surface area contributed by atoms with Gasteiger partial charge in [-0.2, -0.15) is 13.2 Å². The van der Waals surface area contributed by atoms with E-state index in [9.17, 15) is 23.1 Å². The zero-order valence-corrected chi connectivity index (χ0v) is 19.2. The van der Waals surface area contributed by atoms with Gasteiger partial charge in [-0.15, -0.1) is 0 Å². The average Bonchev–Trinajstić information content (AvgIpc) is 2.81. The van der Waals surface area contributed by atoms with Crippen LogP contribution in [-0.4, -0.2) is 86.1 Å². The molecule has 34 heavy (non-hydrogen) atoms. The number of rotatable bonds is 10. The lowest BCUT2D eigenvalue weighted by Gasteiger charge is -2.36. The summed E-state index contributed by atoms with van der Waals surface area (Å²) in [6, 6.07) is 14.2. The molecule has 6 nitrogen and oxygen atoms in total. The van der Waals surface area contributed by atoms with Crippen LogP contribution < -0.4 is 0 Å². The highest BCUT2D eigenvalue weighted by Crippen LogP contribution is 2.29. The second-order valence-electron chi connectivity index (χ2n) is 8.42. The SMILES string of the molecule is COCCN(C[C@H]1CN(C[C@H](O)Cc2ccccc2)CCO1)C(=O)c1cccc(C(F)(F)F)c1. The third-order valence-corrected chi connectivity index (χ3v) is 5.72. The summed E-state index contributed by atoms with van der Waals surface area (Å²) in [7, 11) is 1.50. The van der Waals surface area contributed by atoms with Crippen molar-refractivity contribution >= 4 is 5.91 Å². The van der Waals surface area contributed by atoms with Gasteiger partial charge in [0.05, 0.1) is 31.0 Å². The molecule has 0 aromatic heterocycles. The molecule has 2 aromatic carbocycles. The number of carbonyl (C=O) groups excluding carboxylic acids is 1. The molecule has 1 aliphatic rings. The zero-order chi connectivity index (χ0) is 24.6. The first-order chi connectivity index (χ1) is 16.3. The van der Waals surface area contributed by atoms with Gasteiger partial charge in [-0.3, -0.25) is 9.69 Å². The topological polar surface area (TPSA) is 62.2 Å². The molecule has 3 rings (SSSR count). The fourth-order valence-corrected chi connectivity index (χ4v) is 4.04. The molecule has 0 radical (unpaired) electrons. The molecule has 0 aliphatic carbocycles. The standard InChI is InChI=1S/C25H31F3N2O4/c1-33-12-11-30(24(32)20-8-5-9-21(15-20)25(26,27)28)18-23-17-29(10-13-34-23)16-22(31)14-19-6-3-2-4-7-19/h2-9,15,22-23,31H,10-14,16-18H2,1H3/t22-,23-/m1/s1. The molecule has 0 spiro atoms. The van der Waals surface area contributed by atoms with E-state index in [1.54, 1.807) is 0 Å². The van der Waals surface area contributed by atoms with Gasteiger partial charge in [0.15, 0.2) is 0 Å². The van der Waals surface area contributed by atoms with E-state index >= 15 is 0 Å². The lowest BCUT2D eigenvalue weighted by molar-refractivity contribution is -0.137. The summed E-state index contributed by atoms with van der Waals surface area (Å²) in [5.74, 6) is -0.506. The number of hydrogen-bond donors (Lipinski definition) is 1. The van der Waals surface area contributed by atoms with E-state index in [1.165, 1.54) is 24.1 Å². The maximum Gasteiger partial charge on any atom is 0.416 e. The van der Waals surface area contributed by atoms with Crippen LogP contribution in [0.2, 0.25) is 0 Å². The van der Waals surface area contributed by atoms with Gasteiger partial charge < -0.3 is 19.5 Å². The first-order valence-electron chi connectivity index (χ1n) is 11.3. The first kappa shape index (κ1) is 26.2. The van der Waals surface area contributed by atoms with Gasteiger partial charge in [0.1, 0.15) is 0 Å². The van der Waals surface area contributed by atoms with Gasteiger partial charge in [0, 0.05) is 45.4 Å². The van der Waals surface area contributed by atoms with Crippen molar-refractivity contribution in [1.29, 1.82) is 0 Å². The van der Waals surface area contributed by atoms with E-state index in [4.69, 9.17) is 9.47 Å². The maximum atomic E-state index is 13.1. The third-order valence-electron chi connectivity index (χ3n) is 5.72. The predicted molar refractivity (Wildman–Crippen MR) is 122 cm³/mol. The quantitative estimate of drug-likeness (QED) is 0.566. The maximum absolute atomic E-state index is 13.1. The number of hydrogen-bond acceptors (Lipinski definition) is 5. The Bertz CT molecular complexity index is 911.